The quantitative estimate of drug-likeness (QED) is 0.766. The van der Waals surface area contributed by atoms with E-state index in [0.29, 0.717) is 37.3 Å². The maximum Gasteiger partial charge on any atom is 0.254 e. The summed E-state index contributed by atoms with van der Waals surface area (Å²) in [7, 11) is -1.61. The number of rotatable bonds is 4. The number of anilines is 2. The SMILES string of the molecule is COc1cccc(N2CCN(C(=O)c3cccc(N4CCCS4(=O)=O)c3)CC2)c1. The summed E-state index contributed by atoms with van der Waals surface area (Å²) in [4.78, 5) is 17.1. The van der Waals surface area contributed by atoms with Crippen LogP contribution in [0.5, 0.6) is 5.75 Å². The highest BCUT2D eigenvalue weighted by Gasteiger charge is 2.29. The Morgan fingerprint density at radius 3 is 2.34 bits per heavy atom. The van der Waals surface area contributed by atoms with E-state index in [-0.39, 0.29) is 11.7 Å². The average molecular weight is 416 g/mol. The normalized spacial score (nSPS) is 18.7. The lowest BCUT2D eigenvalue weighted by atomic mass is 10.1. The molecule has 2 aromatic carbocycles. The summed E-state index contributed by atoms with van der Waals surface area (Å²) in [5, 5.41) is 0. The second kappa shape index (κ2) is 7.94. The number of amides is 1. The van der Waals surface area contributed by atoms with Crippen LogP contribution >= 0.6 is 0 Å². The molecule has 7 nitrogen and oxygen atoms in total. The molecule has 0 unspecified atom stereocenters. The lowest BCUT2D eigenvalue weighted by Gasteiger charge is -2.36. The van der Waals surface area contributed by atoms with Crippen molar-refractivity contribution in [1.29, 1.82) is 0 Å². The molecule has 154 valence electrons. The Morgan fingerprint density at radius 2 is 1.66 bits per heavy atom. The molecular weight excluding hydrogens is 390 g/mol. The fourth-order valence-corrected chi connectivity index (χ4v) is 5.44. The van der Waals surface area contributed by atoms with E-state index in [1.54, 1.807) is 31.4 Å². The summed E-state index contributed by atoms with van der Waals surface area (Å²) < 4.78 is 31.1. The van der Waals surface area contributed by atoms with Gasteiger partial charge in [0.15, 0.2) is 0 Å². The Bertz CT molecular complexity index is 1000. The molecule has 4 rings (SSSR count). The van der Waals surface area contributed by atoms with Crippen molar-refractivity contribution >= 4 is 27.3 Å². The highest BCUT2D eigenvalue weighted by molar-refractivity contribution is 7.93. The van der Waals surface area contributed by atoms with Crippen molar-refractivity contribution in [2.75, 3.05) is 54.8 Å². The number of ether oxygens (including phenoxy) is 1. The average Bonchev–Trinajstić information content (AvgIpc) is 3.12. The molecule has 2 aromatic rings. The molecule has 0 spiro atoms. The van der Waals surface area contributed by atoms with E-state index in [2.05, 4.69) is 4.90 Å². The van der Waals surface area contributed by atoms with Gasteiger partial charge in [-0.15, -0.1) is 0 Å². The summed E-state index contributed by atoms with van der Waals surface area (Å²) in [6.45, 7) is 3.17. The minimum atomic E-state index is -3.26. The van der Waals surface area contributed by atoms with Crippen LogP contribution < -0.4 is 13.9 Å². The maximum absolute atomic E-state index is 13.0. The highest BCUT2D eigenvalue weighted by atomic mass is 32.2. The smallest absolute Gasteiger partial charge is 0.254 e. The van der Waals surface area contributed by atoms with Crippen LogP contribution in [0.3, 0.4) is 0 Å². The maximum atomic E-state index is 13.0. The van der Waals surface area contributed by atoms with Crippen molar-refractivity contribution < 1.29 is 17.9 Å². The van der Waals surface area contributed by atoms with Gasteiger partial charge >= 0.3 is 0 Å². The summed E-state index contributed by atoms with van der Waals surface area (Å²) in [5.41, 5.74) is 2.18. The number of sulfonamides is 1. The van der Waals surface area contributed by atoms with Crippen molar-refractivity contribution in [2.24, 2.45) is 0 Å². The third-order valence-corrected chi connectivity index (χ3v) is 7.34. The van der Waals surface area contributed by atoms with Gasteiger partial charge in [-0.05, 0) is 36.8 Å². The molecule has 0 aliphatic carbocycles. The third-order valence-electron chi connectivity index (χ3n) is 5.47. The Balaban J connectivity index is 1.44. The van der Waals surface area contributed by atoms with Crippen molar-refractivity contribution in [3.05, 3.63) is 54.1 Å². The van der Waals surface area contributed by atoms with Crippen molar-refractivity contribution in [1.82, 2.24) is 4.90 Å². The summed E-state index contributed by atoms with van der Waals surface area (Å²) in [6, 6.07) is 14.9. The van der Waals surface area contributed by atoms with Crippen LogP contribution in [0, 0.1) is 0 Å². The van der Waals surface area contributed by atoms with Gasteiger partial charge in [-0.1, -0.05) is 12.1 Å². The van der Waals surface area contributed by atoms with Gasteiger partial charge in [0.2, 0.25) is 10.0 Å². The summed E-state index contributed by atoms with van der Waals surface area (Å²) in [5.74, 6) is 0.917. The topological polar surface area (TPSA) is 70.2 Å². The molecule has 8 heteroatoms. The van der Waals surface area contributed by atoms with Crippen molar-refractivity contribution in [3.8, 4) is 5.75 Å². The van der Waals surface area contributed by atoms with Crippen LogP contribution in [0.1, 0.15) is 16.8 Å². The van der Waals surface area contributed by atoms with Gasteiger partial charge in [0.25, 0.3) is 5.91 Å². The van der Waals surface area contributed by atoms with E-state index in [1.165, 1.54) is 4.31 Å². The zero-order valence-corrected chi connectivity index (χ0v) is 17.3. The predicted octanol–water partition coefficient (Wildman–Crippen LogP) is 2.20. The molecule has 0 saturated carbocycles. The van der Waals surface area contributed by atoms with E-state index in [1.807, 2.05) is 29.2 Å². The van der Waals surface area contributed by atoms with Gasteiger partial charge in [-0.25, -0.2) is 8.42 Å². The fourth-order valence-electron chi connectivity index (χ4n) is 3.88. The first-order valence-corrected chi connectivity index (χ1v) is 11.4. The van der Waals surface area contributed by atoms with Crippen LogP contribution in [-0.4, -0.2) is 64.8 Å². The van der Waals surface area contributed by atoms with Crippen molar-refractivity contribution in [3.63, 3.8) is 0 Å². The molecule has 1 amide bonds. The molecule has 2 aliphatic rings. The first-order valence-electron chi connectivity index (χ1n) is 9.77. The number of methoxy groups -OCH3 is 1. The Hall–Kier alpha value is -2.74. The standard InChI is InChI=1S/C21H25N3O4S/c1-28-20-8-3-6-18(16-20)22-10-12-23(13-11-22)21(25)17-5-2-7-19(15-17)24-9-4-14-29(24,26)27/h2-3,5-8,15-16H,4,9-14H2,1H3. The van der Waals surface area contributed by atoms with E-state index in [9.17, 15) is 13.2 Å². The summed E-state index contributed by atoms with van der Waals surface area (Å²) in [6.07, 6.45) is 0.618. The van der Waals surface area contributed by atoms with Gasteiger partial charge < -0.3 is 14.5 Å². The van der Waals surface area contributed by atoms with Gasteiger partial charge in [-0.3, -0.25) is 9.10 Å². The van der Waals surface area contributed by atoms with Crippen molar-refractivity contribution in [2.45, 2.75) is 6.42 Å². The zero-order valence-electron chi connectivity index (χ0n) is 16.5. The Kier molecular flexibility index (Phi) is 5.36. The molecule has 2 saturated heterocycles. The van der Waals surface area contributed by atoms with E-state index in [0.717, 1.165) is 24.5 Å². The molecule has 29 heavy (non-hydrogen) atoms. The predicted molar refractivity (Wildman–Crippen MR) is 113 cm³/mol. The first-order chi connectivity index (χ1) is 14.0. The number of hydrogen-bond donors (Lipinski definition) is 0. The summed E-state index contributed by atoms with van der Waals surface area (Å²) >= 11 is 0. The van der Waals surface area contributed by atoms with Crippen LogP contribution in [0.15, 0.2) is 48.5 Å². The first kappa shape index (κ1) is 19.6. The molecule has 0 aromatic heterocycles. The fraction of sp³-hybridized carbons (Fsp3) is 0.381. The van der Waals surface area contributed by atoms with Crippen LogP contribution in [0.2, 0.25) is 0 Å². The molecule has 2 fully saturated rings. The molecule has 0 N–H and O–H groups in total. The zero-order chi connectivity index (χ0) is 20.4. The minimum absolute atomic E-state index is 0.0614. The number of piperazine rings is 1. The molecule has 2 aliphatic heterocycles. The Morgan fingerprint density at radius 1 is 0.931 bits per heavy atom. The number of hydrogen-bond acceptors (Lipinski definition) is 5. The van der Waals surface area contributed by atoms with Gasteiger partial charge in [0.1, 0.15) is 5.75 Å². The van der Waals surface area contributed by atoms with E-state index < -0.39 is 10.0 Å². The van der Waals surface area contributed by atoms with Crippen LogP contribution in [-0.2, 0) is 10.0 Å². The Labute approximate surface area is 171 Å². The number of nitrogens with zero attached hydrogens (tertiary/aromatic N) is 3. The molecule has 0 bridgehead atoms. The monoisotopic (exact) mass is 415 g/mol. The second-order valence-electron chi connectivity index (χ2n) is 7.27. The number of carbonyl (C=O) groups is 1. The third kappa shape index (κ3) is 4.03. The lowest BCUT2D eigenvalue weighted by Crippen LogP contribution is -2.48. The second-order valence-corrected chi connectivity index (χ2v) is 9.29. The van der Waals surface area contributed by atoms with Gasteiger partial charge in [0.05, 0.1) is 18.6 Å². The largest absolute Gasteiger partial charge is 0.497 e. The lowest BCUT2D eigenvalue weighted by molar-refractivity contribution is 0.0747. The molecule has 0 atom stereocenters. The van der Waals surface area contributed by atoms with E-state index >= 15 is 0 Å². The van der Waals surface area contributed by atoms with Gasteiger partial charge in [0, 0.05) is 50.0 Å². The minimum Gasteiger partial charge on any atom is -0.497 e. The van der Waals surface area contributed by atoms with Crippen LogP contribution in [0.4, 0.5) is 11.4 Å². The van der Waals surface area contributed by atoms with Gasteiger partial charge in [-0.2, -0.15) is 0 Å². The van der Waals surface area contributed by atoms with E-state index in [4.69, 9.17) is 4.74 Å². The molecular formula is C21H25N3O4S. The molecule has 2 heterocycles. The highest BCUT2D eigenvalue weighted by Crippen LogP contribution is 2.26. The van der Waals surface area contributed by atoms with Crippen LogP contribution in [0.25, 0.3) is 0 Å². The molecule has 0 radical (unpaired) electrons. The number of carbonyl (C=O) groups excluding carboxylic acids is 1. The number of benzene rings is 2.